The van der Waals surface area contributed by atoms with E-state index in [1.165, 1.54) is 9.77 Å². The van der Waals surface area contributed by atoms with E-state index >= 15 is 0 Å². The van der Waals surface area contributed by atoms with Crippen molar-refractivity contribution in [1.82, 2.24) is 9.97 Å². The molecule has 2 aromatic rings. The highest BCUT2D eigenvalue weighted by Crippen LogP contribution is 2.40. The second-order valence-corrected chi connectivity index (χ2v) is 7.37. The van der Waals surface area contributed by atoms with Gasteiger partial charge in [-0.25, -0.2) is 4.98 Å². The van der Waals surface area contributed by atoms with Crippen LogP contribution in [0.2, 0.25) is 0 Å². The number of nitrogens with zero attached hydrogens (tertiary/aromatic N) is 1. The van der Waals surface area contributed by atoms with Gasteiger partial charge in [0.25, 0.3) is 5.56 Å². The minimum atomic E-state index is 0.0342. The average molecular weight is 294 g/mol. The van der Waals surface area contributed by atoms with Gasteiger partial charge in [0.15, 0.2) is 0 Å². The first-order valence-electron chi connectivity index (χ1n) is 6.59. The highest BCUT2D eigenvalue weighted by molar-refractivity contribution is 8.01. The number of aryl methyl sites for hydroxylation is 1. The van der Waals surface area contributed by atoms with Gasteiger partial charge in [-0.05, 0) is 30.6 Å². The number of thioether (sulfide) groups is 1. The standard InChI is InChI=1S/C13H14N2O2S2/c16-11-9-8-2-1-5-18-13(8)19-12(9)15-10(14-11)7-3-4-17-6-7/h7H,1-6H2,(H,14,15,16). The maximum absolute atomic E-state index is 12.4. The summed E-state index contributed by atoms with van der Waals surface area (Å²) in [5, 5.41) is 0.829. The van der Waals surface area contributed by atoms with Gasteiger partial charge in [-0.2, -0.15) is 0 Å². The molecular weight excluding hydrogens is 280 g/mol. The van der Waals surface area contributed by atoms with Gasteiger partial charge in [-0.3, -0.25) is 4.79 Å². The van der Waals surface area contributed by atoms with Gasteiger partial charge >= 0.3 is 0 Å². The Morgan fingerprint density at radius 1 is 1.42 bits per heavy atom. The zero-order chi connectivity index (χ0) is 12.8. The van der Waals surface area contributed by atoms with E-state index in [-0.39, 0.29) is 11.5 Å². The number of hydrogen-bond acceptors (Lipinski definition) is 5. The monoisotopic (exact) mass is 294 g/mol. The highest BCUT2D eigenvalue weighted by atomic mass is 32.2. The van der Waals surface area contributed by atoms with Gasteiger partial charge in [0.05, 0.1) is 16.2 Å². The SMILES string of the molecule is O=c1[nH]c(C2CCOC2)nc2sc3c(c12)CCCS3. The average Bonchev–Trinajstić information content (AvgIpc) is 3.05. The zero-order valence-electron chi connectivity index (χ0n) is 10.4. The van der Waals surface area contributed by atoms with Crippen LogP contribution in [0, 0.1) is 0 Å². The molecule has 0 saturated carbocycles. The normalized spacial score (nSPS) is 22.8. The van der Waals surface area contributed by atoms with Crippen LogP contribution in [-0.4, -0.2) is 28.9 Å². The van der Waals surface area contributed by atoms with Crippen LogP contribution in [0.5, 0.6) is 0 Å². The summed E-state index contributed by atoms with van der Waals surface area (Å²) in [7, 11) is 0. The second-order valence-electron chi connectivity index (χ2n) is 5.01. The molecule has 1 unspecified atom stereocenters. The van der Waals surface area contributed by atoms with Crippen molar-refractivity contribution in [1.29, 1.82) is 0 Å². The van der Waals surface area contributed by atoms with Gasteiger partial charge in [0, 0.05) is 12.5 Å². The Kier molecular flexibility index (Phi) is 2.90. The Morgan fingerprint density at radius 2 is 2.37 bits per heavy atom. The molecule has 19 heavy (non-hydrogen) atoms. The van der Waals surface area contributed by atoms with Crippen LogP contribution in [0.3, 0.4) is 0 Å². The molecule has 6 heteroatoms. The largest absolute Gasteiger partial charge is 0.381 e. The summed E-state index contributed by atoms with van der Waals surface area (Å²) in [6.45, 7) is 1.44. The molecule has 0 aliphatic carbocycles. The number of thiophene rings is 1. The molecule has 0 bridgehead atoms. The van der Waals surface area contributed by atoms with E-state index < -0.39 is 0 Å². The molecule has 100 valence electrons. The van der Waals surface area contributed by atoms with Crippen LogP contribution in [-0.2, 0) is 11.2 Å². The van der Waals surface area contributed by atoms with E-state index in [1.54, 1.807) is 11.3 Å². The number of H-pyrrole nitrogens is 1. The number of ether oxygens (including phenoxy) is 1. The maximum atomic E-state index is 12.4. The van der Waals surface area contributed by atoms with Crippen LogP contribution < -0.4 is 5.56 Å². The van der Waals surface area contributed by atoms with Crippen molar-refractivity contribution in [2.24, 2.45) is 0 Å². The summed E-state index contributed by atoms with van der Waals surface area (Å²) in [6, 6.07) is 0. The Balaban J connectivity index is 1.90. The van der Waals surface area contributed by atoms with E-state index in [2.05, 4.69) is 4.98 Å². The summed E-state index contributed by atoms with van der Waals surface area (Å²) in [5.74, 6) is 2.21. The lowest BCUT2D eigenvalue weighted by Gasteiger charge is -2.09. The van der Waals surface area contributed by atoms with Gasteiger partial charge < -0.3 is 9.72 Å². The molecule has 1 saturated heterocycles. The molecule has 2 aromatic heterocycles. The molecule has 1 atom stereocenters. The topological polar surface area (TPSA) is 55.0 Å². The second kappa shape index (κ2) is 4.61. The quantitative estimate of drug-likeness (QED) is 0.878. The molecule has 0 amide bonds. The highest BCUT2D eigenvalue weighted by Gasteiger charge is 2.24. The number of nitrogens with one attached hydrogen (secondary N) is 1. The summed E-state index contributed by atoms with van der Waals surface area (Å²) in [6.07, 6.45) is 3.12. The molecule has 0 spiro atoms. The Morgan fingerprint density at radius 3 is 3.21 bits per heavy atom. The molecular formula is C13H14N2O2S2. The summed E-state index contributed by atoms with van der Waals surface area (Å²) < 4.78 is 6.67. The van der Waals surface area contributed by atoms with E-state index in [0.29, 0.717) is 6.61 Å². The smallest absolute Gasteiger partial charge is 0.259 e. The van der Waals surface area contributed by atoms with E-state index in [9.17, 15) is 4.79 Å². The number of aromatic nitrogens is 2. The third-order valence-corrected chi connectivity index (χ3v) is 6.29. The molecule has 4 heterocycles. The lowest BCUT2D eigenvalue weighted by molar-refractivity contribution is 0.193. The summed E-state index contributed by atoms with van der Waals surface area (Å²) in [4.78, 5) is 20.9. The van der Waals surface area contributed by atoms with Crippen LogP contribution in [0.25, 0.3) is 10.2 Å². The molecule has 2 aliphatic rings. The fourth-order valence-electron chi connectivity index (χ4n) is 2.76. The van der Waals surface area contributed by atoms with Crippen molar-refractivity contribution < 1.29 is 4.74 Å². The van der Waals surface area contributed by atoms with E-state index in [1.807, 2.05) is 11.8 Å². The number of aromatic amines is 1. The summed E-state index contributed by atoms with van der Waals surface area (Å²) >= 11 is 3.54. The fraction of sp³-hybridized carbons (Fsp3) is 0.538. The van der Waals surface area contributed by atoms with Crippen molar-refractivity contribution in [2.75, 3.05) is 19.0 Å². The Labute approximate surface area is 118 Å². The molecule has 4 rings (SSSR count). The minimum Gasteiger partial charge on any atom is -0.381 e. The van der Waals surface area contributed by atoms with Crippen molar-refractivity contribution in [3.63, 3.8) is 0 Å². The molecule has 4 nitrogen and oxygen atoms in total. The predicted molar refractivity (Wildman–Crippen MR) is 77.5 cm³/mol. The van der Waals surface area contributed by atoms with Gasteiger partial charge in [0.2, 0.25) is 0 Å². The van der Waals surface area contributed by atoms with E-state index in [4.69, 9.17) is 9.72 Å². The maximum Gasteiger partial charge on any atom is 0.259 e. The van der Waals surface area contributed by atoms with Crippen molar-refractivity contribution in [2.45, 2.75) is 29.4 Å². The first kappa shape index (κ1) is 11.9. The molecule has 0 aromatic carbocycles. The van der Waals surface area contributed by atoms with Crippen molar-refractivity contribution in [3.8, 4) is 0 Å². The van der Waals surface area contributed by atoms with Crippen LogP contribution in [0.15, 0.2) is 9.00 Å². The molecule has 0 radical (unpaired) electrons. The van der Waals surface area contributed by atoms with Crippen molar-refractivity contribution in [3.05, 3.63) is 21.7 Å². The zero-order valence-corrected chi connectivity index (χ0v) is 12.0. The Hall–Kier alpha value is -0.850. The lowest BCUT2D eigenvalue weighted by Crippen LogP contribution is -2.15. The predicted octanol–water partition coefficient (Wildman–Crippen LogP) is 2.53. The third-order valence-electron chi connectivity index (χ3n) is 3.76. The third kappa shape index (κ3) is 1.93. The van der Waals surface area contributed by atoms with E-state index in [0.717, 1.165) is 47.7 Å². The number of rotatable bonds is 1. The van der Waals surface area contributed by atoms with Gasteiger partial charge in [0.1, 0.15) is 10.7 Å². The first-order chi connectivity index (χ1) is 9.33. The van der Waals surface area contributed by atoms with Gasteiger partial charge in [-0.15, -0.1) is 23.1 Å². The van der Waals surface area contributed by atoms with Gasteiger partial charge in [-0.1, -0.05) is 0 Å². The first-order valence-corrected chi connectivity index (χ1v) is 8.39. The molecule has 2 aliphatic heterocycles. The summed E-state index contributed by atoms with van der Waals surface area (Å²) in [5.41, 5.74) is 1.26. The molecule has 1 N–H and O–H groups in total. The minimum absolute atomic E-state index is 0.0342. The fourth-order valence-corrected chi connectivity index (χ4v) is 5.30. The number of hydrogen-bond donors (Lipinski definition) is 1. The van der Waals surface area contributed by atoms with Crippen LogP contribution >= 0.6 is 23.1 Å². The lowest BCUT2D eigenvalue weighted by atomic mass is 10.1. The molecule has 1 fully saturated rings. The number of fused-ring (bicyclic) bond motifs is 3. The van der Waals surface area contributed by atoms with Crippen molar-refractivity contribution >= 4 is 33.3 Å². The Bertz CT molecular complexity index is 686. The van der Waals surface area contributed by atoms with Crippen LogP contribution in [0.1, 0.15) is 30.1 Å². The van der Waals surface area contributed by atoms with Crippen LogP contribution in [0.4, 0.5) is 0 Å².